The van der Waals surface area contributed by atoms with E-state index in [-0.39, 0.29) is 46.9 Å². The second-order valence-electron chi connectivity index (χ2n) is 9.57. The molecule has 11 heteroatoms. The van der Waals surface area contributed by atoms with Crippen LogP contribution in [0.3, 0.4) is 0 Å². The molecule has 0 radical (unpaired) electrons. The minimum atomic E-state index is -2.76. The first kappa shape index (κ1) is 27.9. The van der Waals surface area contributed by atoms with E-state index in [9.17, 15) is 22.4 Å². The number of rotatable bonds is 10. The molecule has 2 aromatic heterocycles. The van der Waals surface area contributed by atoms with Crippen LogP contribution in [-0.2, 0) is 17.6 Å². The zero-order valence-corrected chi connectivity index (χ0v) is 21.7. The SMILES string of the molecule is C[C@@H](c1cnc(-c2cc(Oc3c(F)cc4[nH]ccc4c3CC(F)F)ccc2F)[nH]1)c1cccc(CCC(=O)O)c1F. The van der Waals surface area contributed by atoms with Gasteiger partial charge in [-0.1, -0.05) is 25.1 Å². The summed E-state index contributed by atoms with van der Waals surface area (Å²) in [6.45, 7) is 1.72. The second-order valence-corrected chi connectivity index (χ2v) is 9.57. The van der Waals surface area contributed by atoms with Crippen molar-refractivity contribution >= 4 is 16.9 Å². The fraction of sp³-hybridized carbons (Fsp3) is 0.200. The molecule has 1 atom stereocenters. The van der Waals surface area contributed by atoms with Crippen LogP contribution in [0.15, 0.2) is 60.9 Å². The molecule has 0 saturated heterocycles. The molecule has 2 heterocycles. The summed E-state index contributed by atoms with van der Waals surface area (Å²) in [6.07, 6.45) is -0.753. The first-order chi connectivity index (χ1) is 19.6. The molecule has 0 aliphatic heterocycles. The third kappa shape index (κ3) is 5.79. The molecule has 0 bridgehead atoms. The maximum absolute atomic E-state index is 15.2. The number of ether oxygens (including phenoxy) is 1. The number of hydrogen-bond acceptors (Lipinski definition) is 3. The molecule has 0 aliphatic carbocycles. The van der Waals surface area contributed by atoms with Gasteiger partial charge in [0.1, 0.15) is 23.2 Å². The average Bonchev–Trinajstić information content (AvgIpc) is 3.60. The van der Waals surface area contributed by atoms with Crippen molar-refractivity contribution in [2.24, 2.45) is 0 Å². The normalized spacial score (nSPS) is 12.3. The van der Waals surface area contributed by atoms with Crippen LogP contribution in [-0.4, -0.2) is 32.5 Å². The number of aromatic nitrogens is 3. The summed E-state index contributed by atoms with van der Waals surface area (Å²) >= 11 is 0. The van der Waals surface area contributed by atoms with E-state index >= 15 is 4.39 Å². The molecule has 212 valence electrons. The number of alkyl halides is 2. The van der Waals surface area contributed by atoms with Crippen molar-refractivity contribution in [1.82, 2.24) is 15.0 Å². The van der Waals surface area contributed by atoms with Gasteiger partial charge in [-0.25, -0.2) is 26.9 Å². The summed E-state index contributed by atoms with van der Waals surface area (Å²) in [7, 11) is 0. The molecular weight excluding hydrogens is 545 g/mol. The van der Waals surface area contributed by atoms with Gasteiger partial charge in [-0.15, -0.1) is 0 Å². The Balaban J connectivity index is 1.45. The highest BCUT2D eigenvalue weighted by atomic mass is 19.3. The van der Waals surface area contributed by atoms with Crippen LogP contribution in [0, 0.1) is 17.5 Å². The first-order valence-corrected chi connectivity index (χ1v) is 12.7. The van der Waals surface area contributed by atoms with Crippen LogP contribution in [0.2, 0.25) is 0 Å². The monoisotopic (exact) mass is 569 g/mol. The summed E-state index contributed by atoms with van der Waals surface area (Å²) in [6, 6.07) is 11.0. The first-order valence-electron chi connectivity index (χ1n) is 12.7. The Morgan fingerprint density at radius 1 is 1.07 bits per heavy atom. The van der Waals surface area contributed by atoms with Gasteiger partial charge < -0.3 is 19.8 Å². The minimum absolute atomic E-state index is 0.00567. The third-order valence-electron chi connectivity index (χ3n) is 6.88. The maximum atomic E-state index is 15.2. The fourth-order valence-electron chi connectivity index (χ4n) is 4.79. The van der Waals surface area contributed by atoms with Crippen LogP contribution in [0.25, 0.3) is 22.3 Å². The highest BCUT2D eigenvalue weighted by Crippen LogP contribution is 2.37. The Labute approximate surface area is 230 Å². The number of imidazole rings is 1. The van der Waals surface area contributed by atoms with Gasteiger partial charge in [0.25, 0.3) is 0 Å². The molecule has 0 fully saturated rings. The van der Waals surface area contributed by atoms with Gasteiger partial charge in [0.05, 0.1) is 5.56 Å². The van der Waals surface area contributed by atoms with Crippen molar-refractivity contribution in [3.05, 3.63) is 101 Å². The topological polar surface area (TPSA) is 91.0 Å². The van der Waals surface area contributed by atoms with Gasteiger partial charge in [-0.2, -0.15) is 0 Å². The summed E-state index contributed by atoms with van der Waals surface area (Å²) in [5.41, 5.74) is 1.32. The lowest BCUT2D eigenvalue weighted by atomic mass is 9.94. The zero-order valence-electron chi connectivity index (χ0n) is 21.7. The molecular formula is C30H24F5N3O3. The summed E-state index contributed by atoms with van der Waals surface area (Å²) in [4.78, 5) is 20.9. The van der Waals surface area contributed by atoms with Gasteiger partial charge in [0, 0.05) is 59.4 Å². The van der Waals surface area contributed by atoms with Crippen LogP contribution < -0.4 is 4.74 Å². The Morgan fingerprint density at radius 2 is 1.88 bits per heavy atom. The van der Waals surface area contributed by atoms with E-state index in [4.69, 9.17) is 9.84 Å². The van der Waals surface area contributed by atoms with Gasteiger partial charge in [0.2, 0.25) is 6.43 Å². The van der Waals surface area contributed by atoms with Gasteiger partial charge in [-0.3, -0.25) is 4.79 Å². The summed E-state index contributed by atoms with van der Waals surface area (Å²) < 4.78 is 77.4. The van der Waals surface area contributed by atoms with Crippen molar-refractivity contribution < 1.29 is 36.6 Å². The van der Waals surface area contributed by atoms with Crippen molar-refractivity contribution in [3.63, 3.8) is 0 Å². The van der Waals surface area contributed by atoms with Crippen LogP contribution in [0.5, 0.6) is 11.5 Å². The second kappa shape index (κ2) is 11.4. The quantitative estimate of drug-likeness (QED) is 0.150. The number of halogens is 5. The standard InChI is InChI=1S/C30H24F5N3O3/c1-15(18-4-2-3-16(28(18)35)5-8-27(39)40)25-14-37-30(38-25)21-11-17(6-7-22(21)31)41-29-20(12-26(33)34)19-9-10-36-24(19)13-23(29)32/h2-4,6-7,9-11,13-15,26,36H,5,8,12H2,1H3,(H,37,38)(H,39,40)/t15-/m1/s1. The third-order valence-corrected chi connectivity index (χ3v) is 6.88. The number of fused-ring (bicyclic) bond motifs is 1. The van der Waals surface area contributed by atoms with Gasteiger partial charge >= 0.3 is 5.97 Å². The molecule has 0 spiro atoms. The number of carboxylic acids is 1. The fourth-order valence-corrected chi connectivity index (χ4v) is 4.79. The molecule has 41 heavy (non-hydrogen) atoms. The molecule has 5 rings (SSSR count). The van der Waals surface area contributed by atoms with E-state index < -0.39 is 42.2 Å². The van der Waals surface area contributed by atoms with Crippen molar-refractivity contribution in [1.29, 1.82) is 0 Å². The molecule has 6 nitrogen and oxygen atoms in total. The molecule has 0 aliphatic rings. The highest BCUT2D eigenvalue weighted by molar-refractivity contribution is 5.85. The Kier molecular flexibility index (Phi) is 7.78. The van der Waals surface area contributed by atoms with Crippen LogP contribution in [0.1, 0.15) is 41.6 Å². The summed E-state index contributed by atoms with van der Waals surface area (Å²) in [5, 5.41) is 9.31. The molecule has 0 saturated carbocycles. The number of benzene rings is 3. The highest BCUT2D eigenvalue weighted by Gasteiger charge is 2.22. The predicted octanol–water partition coefficient (Wildman–Crippen LogP) is 7.74. The van der Waals surface area contributed by atoms with Crippen LogP contribution in [0.4, 0.5) is 22.0 Å². The van der Waals surface area contributed by atoms with Gasteiger partial charge in [0.15, 0.2) is 11.6 Å². The predicted molar refractivity (Wildman–Crippen MR) is 142 cm³/mol. The largest absolute Gasteiger partial charge is 0.481 e. The molecule has 0 amide bonds. The molecule has 5 aromatic rings. The van der Waals surface area contributed by atoms with E-state index in [2.05, 4.69) is 15.0 Å². The van der Waals surface area contributed by atoms with Crippen molar-refractivity contribution in [3.8, 4) is 22.9 Å². The zero-order chi connectivity index (χ0) is 29.3. The lowest BCUT2D eigenvalue weighted by Gasteiger charge is -2.15. The maximum Gasteiger partial charge on any atom is 0.303 e. The van der Waals surface area contributed by atoms with Crippen LogP contribution >= 0.6 is 0 Å². The smallest absolute Gasteiger partial charge is 0.303 e. The average molecular weight is 570 g/mol. The Hall–Kier alpha value is -4.67. The number of nitrogens with zero attached hydrogens (tertiary/aromatic N) is 1. The number of carbonyl (C=O) groups is 1. The van der Waals surface area contributed by atoms with Crippen molar-refractivity contribution in [2.75, 3.05) is 0 Å². The van der Waals surface area contributed by atoms with E-state index in [1.165, 1.54) is 30.6 Å². The number of aryl methyl sites for hydroxylation is 1. The lowest BCUT2D eigenvalue weighted by Crippen LogP contribution is -2.05. The minimum Gasteiger partial charge on any atom is -0.481 e. The van der Waals surface area contributed by atoms with E-state index in [1.54, 1.807) is 25.1 Å². The number of aromatic amines is 2. The number of carboxylic acid groups (broad SMARTS) is 1. The molecule has 0 unspecified atom stereocenters. The number of nitrogens with one attached hydrogen (secondary N) is 2. The molecule has 3 aromatic carbocycles. The van der Waals surface area contributed by atoms with E-state index in [0.717, 1.165) is 12.1 Å². The number of aliphatic carboxylic acids is 1. The Bertz CT molecular complexity index is 1730. The summed E-state index contributed by atoms with van der Waals surface area (Å²) in [5.74, 6) is -3.94. The van der Waals surface area contributed by atoms with Gasteiger partial charge in [-0.05, 0) is 41.8 Å². The Morgan fingerprint density at radius 3 is 2.63 bits per heavy atom. The lowest BCUT2D eigenvalue weighted by molar-refractivity contribution is -0.136. The number of hydrogen-bond donors (Lipinski definition) is 3. The number of H-pyrrole nitrogens is 2. The van der Waals surface area contributed by atoms with Crippen molar-refractivity contribution in [2.45, 2.75) is 38.5 Å². The van der Waals surface area contributed by atoms with E-state index in [0.29, 0.717) is 22.2 Å². The van der Waals surface area contributed by atoms with E-state index in [1.807, 2.05) is 0 Å². The molecule has 3 N–H and O–H groups in total.